The van der Waals surface area contributed by atoms with E-state index in [9.17, 15) is 14.7 Å². The second kappa shape index (κ2) is 5.42. The third-order valence-electron chi connectivity index (χ3n) is 2.20. The maximum atomic E-state index is 11.1. The number of ketones is 1. The summed E-state index contributed by atoms with van der Waals surface area (Å²) in [4.78, 5) is 21.9. The van der Waals surface area contributed by atoms with Crippen molar-refractivity contribution in [3.8, 4) is 0 Å². The average Bonchev–Trinajstić information content (AvgIpc) is 2.27. The Morgan fingerprint density at radius 3 is 2.31 bits per heavy atom. The Labute approximate surface area is 93.9 Å². The van der Waals surface area contributed by atoms with Crippen molar-refractivity contribution < 1.29 is 19.4 Å². The highest BCUT2D eigenvalue weighted by molar-refractivity contribution is 5.89. The highest BCUT2D eigenvalue weighted by Crippen LogP contribution is 2.17. The molecule has 1 aromatic rings. The van der Waals surface area contributed by atoms with E-state index in [1.807, 2.05) is 0 Å². The normalized spacial score (nSPS) is 11.9. The maximum Gasteiger partial charge on any atom is 0.337 e. The van der Waals surface area contributed by atoms with Crippen molar-refractivity contribution in [3.63, 3.8) is 0 Å². The van der Waals surface area contributed by atoms with Gasteiger partial charge in [-0.3, -0.25) is 4.79 Å². The first kappa shape index (κ1) is 12.4. The number of ether oxygens (including phenoxy) is 1. The minimum Gasteiger partial charge on any atom is -0.465 e. The molecular weight excluding hydrogens is 208 g/mol. The minimum atomic E-state index is -0.816. The molecule has 0 spiro atoms. The molecule has 0 aliphatic carbocycles. The van der Waals surface area contributed by atoms with E-state index >= 15 is 0 Å². The third kappa shape index (κ3) is 3.17. The Morgan fingerprint density at radius 1 is 1.31 bits per heavy atom. The summed E-state index contributed by atoms with van der Waals surface area (Å²) in [5, 5.41) is 9.64. The number of benzene rings is 1. The molecule has 0 amide bonds. The Hall–Kier alpha value is -1.68. The summed E-state index contributed by atoms with van der Waals surface area (Å²) in [6.45, 7) is 1.42. The standard InChI is InChI=1S/C12H14O4/c1-8(13)7-11(14)9-3-5-10(6-4-9)12(15)16-2/h3-6,11,14H,7H2,1-2H3/t11-/m1/s1. The molecule has 0 bridgehead atoms. The first-order valence-corrected chi connectivity index (χ1v) is 4.90. The van der Waals surface area contributed by atoms with Gasteiger partial charge in [0.25, 0.3) is 0 Å². The van der Waals surface area contributed by atoms with E-state index in [1.165, 1.54) is 14.0 Å². The van der Waals surface area contributed by atoms with Crippen LogP contribution in [0.15, 0.2) is 24.3 Å². The number of esters is 1. The minimum absolute atomic E-state index is 0.0791. The van der Waals surface area contributed by atoms with Gasteiger partial charge in [-0.25, -0.2) is 4.79 Å². The first-order chi connectivity index (χ1) is 7.54. The summed E-state index contributed by atoms with van der Waals surface area (Å²) in [6.07, 6.45) is -0.735. The summed E-state index contributed by atoms with van der Waals surface area (Å²) >= 11 is 0. The van der Waals surface area contributed by atoms with Crippen molar-refractivity contribution in [2.45, 2.75) is 19.4 Å². The van der Waals surface area contributed by atoms with Gasteiger partial charge in [0.1, 0.15) is 5.78 Å². The predicted molar refractivity (Wildman–Crippen MR) is 58.0 cm³/mol. The van der Waals surface area contributed by atoms with Gasteiger partial charge in [0, 0.05) is 6.42 Å². The van der Waals surface area contributed by atoms with Gasteiger partial charge in [0.2, 0.25) is 0 Å². The molecule has 1 aromatic carbocycles. The summed E-state index contributed by atoms with van der Waals surface area (Å²) < 4.78 is 4.55. The largest absolute Gasteiger partial charge is 0.465 e. The quantitative estimate of drug-likeness (QED) is 0.784. The molecule has 16 heavy (non-hydrogen) atoms. The number of carbonyl (C=O) groups is 2. The van der Waals surface area contributed by atoms with Crippen molar-refractivity contribution in [1.82, 2.24) is 0 Å². The van der Waals surface area contributed by atoms with Crippen molar-refractivity contribution >= 4 is 11.8 Å². The lowest BCUT2D eigenvalue weighted by atomic mass is 10.0. The lowest BCUT2D eigenvalue weighted by Gasteiger charge is -2.09. The van der Waals surface area contributed by atoms with E-state index < -0.39 is 12.1 Å². The highest BCUT2D eigenvalue weighted by atomic mass is 16.5. The van der Waals surface area contributed by atoms with Crippen molar-refractivity contribution in [1.29, 1.82) is 0 Å². The number of hydrogen-bond donors (Lipinski definition) is 1. The van der Waals surface area contributed by atoms with Gasteiger partial charge in [-0.2, -0.15) is 0 Å². The molecule has 86 valence electrons. The topological polar surface area (TPSA) is 63.6 Å². The lowest BCUT2D eigenvalue weighted by molar-refractivity contribution is -0.118. The Bertz CT molecular complexity index is 381. The summed E-state index contributed by atoms with van der Waals surface area (Å²) in [5.74, 6) is -0.503. The predicted octanol–water partition coefficient (Wildman–Crippen LogP) is 1.49. The number of aliphatic hydroxyl groups excluding tert-OH is 1. The zero-order chi connectivity index (χ0) is 12.1. The SMILES string of the molecule is COC(=O)c1ccc([C@H](O)CC(C)=O)cc1. The molecule has 4 heteroatoms. The molecule has 1 rings (SSSR count). The van der Waals surface area contributed by atoms with Gasteiger partial charge < -0.3 is 9.84 Å². The van der Waals surface area contributed by atoms with Crippen molar-refractivity contribution in [2.75, 3.05) is 7.11 Å². The average molecular weight is 222 g/mol. The molecule has 0 unspecified atom stereocenters. The van der Waals surface area contributed by atoms with Gasteiger partial charge in [-0.1, -0.05) is 12.1 Å². The molecule has 0 saturated heterocycles. The molecule has 0 aromatic heterocycles. The number of methoxy groups -OCH3 is 1. The van der Waals surface area contributed by atoms with Gasteiger partial charge >= 0.3 is 5.97 Å². The Kier molecular flexibility index (Phi) is 4.19. The Balaban J connectivity index is 2.78. The van der Waals surface area contributed by atoms with E-state index in [1.54, 1.807) is 24.3 Å². The Morgan fingerprint density at radius 2 is 1.88 bits per heavy atom. The fourth-order valence-electron chi connectivity index (χ4n) is 1.35. The number of hydrogen-bond acceptors (Lipinski definition) is 4. The van der Waals surface area contributed by atoms with E-state index in [2.05, 4.69) is 4.74 Å². The highest BCUT2D eigenvalue weighted by Gasteiger charge is 2.11. The molecule has 4 nitrogen and oxygen atoms in total. The summed E-state index contributed by atoms with van der Waals surface area (Å²) in [6, 6.07) is 6.34. The second-order valence-electron chi connectivity index (χ2n) is 3.54. The molecule has 1 atom stereocenters. The van der Waals surface area contributed by atoms with Crippen LogP contribution in [0.25, 0.3) is 0 Å². The van der Waals surface area contributed by atoms with E-state index in [0.29, 0.717) is 11.1 Å². The van der Waals surface area contributed by atoms with Crippen LogP contribution in [0.2, 0.25) is 0 Å². The molecular formula is C12H14O4. The van der Waals surface area contributed by atoms with Crippen LogP contribution >= 0.6 is 0 Å². The number of carbonyl (C=O) groups excluding carboxylic acids is 2. The van der Waals surface area contributed by atoms with E-state index in [0.717, 1.165) is 0 Å². The summed E-state index contributed by atoms with van der Waals surface area (Å²) in [5.41, 5.74) is 1.03. The zero-order valence-corrected chi connectivity index (χ0v) is 9.27. The van der Waals surface area contributed by atoms with Crippen LogP contribution in [0, 0.1) is 0 Å². The smallest absolute Gasteiger partial charge is 0.337 e. The van der Waals surface area contributed by atoms with Crippen LogP contribution in [0.3, 0.4) is 0 Å². The number of rotatable bonds is 4. The van der Waals surface area contributed by atoms with Gasteiger partial charge in [-0.15, -0.1) is 0 Å². The molecule has 1 N–H and O–H groups in total. The fourth-order valence-corrected chi connectivity index (χ4v) is 1.35. The van der Waals surface area contributed by atoms with Gasteiger partial charge in [0.05, 0.1) is 18.8 Å². The molecule has 0 aliphatic rings. The molecule has 0 saturated carbocycles. The third-order valence-corrected chi connectivity index (χ3v) is 2.20. The van der Waals surface area contributed by atoms with Crippen LogP contribution < -0.4 is 0 Å². The van der Waals surface area contributed by atoms with Crippen LogP contribution in [0.1, 0.15) is 35.4 Å². The van der Waals surface area contributed by atoms with E-state index in [4.69, 9.17) is 0 Å². The summed E-state index contributed by atoms with van der Waals surface area (Å²) in [7, 11) is 1.31. The van der Waals surface area contributed by atoms with E-state index in [-0.39, 0.29) is 12.2 Å². The van der Waals surface area contributed by atoms with Crippen molar-refractivity contribution in [2.24, 2.45) is 0 Å². The maximum absolute atomic E-state index is 11.1. The monoisotopic (exact) mass is 222 g/mol. The first-order valence-electron chi connectivity index (χ1n) is 4.90. The molecule has 0 aliphatic heterocycles. The molecule has 0 fully saturated rings. The van der Waals surface area contributed by atoms with Crippen LogP contribution in [-0.4, -0.2) is 24.0 Å². The van der Waals surface area contributed by atoms with Crippen LogP contribution in [0.4, 0.5) is 0 Å². The molecule has 0 heterocycles. The second-order valence-corrected chi connectivity index (χ2v) is 3.54. The zero-order valence-electron chi connectivity index (χ0n) is 9.27. The fraction of sp³-hybridized carbons (Fsp3) is 0.333. The van der Waals surface area contributed by atoms with Crippen LogP contribution in [-0.2, 0) is 9.53 Å². The number of Topliss-reactive ketones (excluding diaryl/α,β-unsaturated/α-hetero) is 1. The van der Waals surface area contributed by atoms with Gasteiger partial charge in [0.15, 0.2) is 0 Å². The van der Waals surface area contributed by atoms with Crippen molar-refractivity contribution in [3.05, 3.63) is 35.4 Å². The van der Waals surface area contributed by atoms with Crippen LogP contribution in [0.5, 0.6) is 0 Å². The lowest BCUT2D eigenvalue weighted by Crippen LogP contribution is -2.05. The van der Waals surface area contributed by atoms with Gasteiger partial charge in [-0.05, 0) is 24.6 Å². The number of aliphatic hydroxyl groups is 1. The molecule has 0 radical (unpaired) electrons.